The number of ketones is 1. The highest BCUT2D eigenvalue weighted by molar-refractivity contribution is 6.46. The first-order valence-corrected chi connectivity index (χ1v) is 11.6. The normalized spacial score (nSPS) is 17.1. The van der Waals surface area contributed by atoms with Gasteiger partial charge in [-0.15, -0.1) is 0 Å². The van der Waals surface area contributed by atoms with Crippen molar-refractivity contribution < 1.29 is 33.6 Å². The summed E-state index contributed by atoms with van der Waals surface area (Å²) in [5.41, 5.74) is 0.934. The predicted octanol–water partition coefficient (Wildman–Crippen LogP) is 3.48. The number of likely N-dealkylation sites (tertiary alicyclic amines) is 1. The van der Waals surface area contributed by atoms with Crippen LogP contribution in [0.25, 0.3) is 5.76 Å². The van der Waals surface area contributed by atoms with Crippen molar-refractivity contribution in [3.63, 3.8) is 0 Å². The van der Waals surface area contributed by atoms with Crippen LogP contribution >= 0.6 is 0 Å². The minimum absolute atomic E-state index is 0.00787. The lowest BCUT2D eigenvalue weighted by atomic mass is 9.94. The average molecular weight is 499 g/mol. The lowest BCUT2D eigenvalue weighted by Gasteiger charge is -2.27. The summed E-state index contributed by atoms with van der Waals surface area (Å²) >= 11 is 0. The molecular weight excluding hydrogens is 464 g/mol. The molecule has 0 aliphatic carbocycles. The molecule has 2 aromatic rings. The SMILES string of the molecule is COc1cc([C@H]2/C(=C(\O)c3ccc(OC(C)C)cc3)C(=O)C(=O)N2CCN(C)C)cc(OC)c1OC. The van der Waals surface area contributed by atoms with Crippen molar-refractivity contribution in [3.8, 4) is 23.0 Å². The van der Waals surface area contributed by atoms with Crippen LogP contribution in [0.3, 0.4) is 0 Å². The van der Waals surface area contributed by atoms with Crippen LogP contribution in [0.15, 0.2) is 42.0 Å². The predicted molar refractivity (Wildman–Crippen MR) is 136 cm³/mol. The number of Topliss-reactive ketones (excluding diaryl/α,β-unsaturated/α-hetero) is 1. The third-order valence-electron chi connectivity index (χ3n) is 5.83. The number of methoxy groups -OCH3 is 3. The van der Waals surface area contributed by atoms with Crippen LogP contribution in [0.5, 0.6) is 23.0 Å². The Balaban J connectivity index is 2.19. The summed E-state index contributed by atoms with van der Waals surface area (Å²) in [5, 5.41) is 11.3. The van der Waals surface area contributed by atoms with Crippen LogP contribution in [-0.4, -0.2) is 81.2 Å². The molecule has 0 aromatic heterocycles. The maximum absolute atomic E-state index is 13.3. The molecule has 1 heterocycles. The van der Waals surface area contributed by atoms with Crippen molar-refractivity contribution in [1.82, 2.24) is 9.80 Å². The number of carbonyl (C=O) groups excluding carboxylic acids is 2. The number of aliphatic hydroxyl groups is 1. The molecule has 1 aliphatic rings. The van der Waals surface area contributed by atoms with E-state index >= 15 is 0 Å². The molecule has 2 aromatic carbocycles. The standard InChI is InChI=1S/C27H34N2O7/c1-16(2)36-19-10-8-17(9-11-19)24(30)22-23(29(13-12-28(3)4)27(32)25(22)31)18-14-20(33-5)26(35-7)21(15-18)34-6/h8-11,14-16,23,30H,12-13H2,1-7H3/b24-22+/t23-/m0/s1. The van der Waals surface area contributed by atoms with Crippen LogP contribution in [0.4, 0.5) is 0 Å². The van der Waals surface area contributed by atoms with E-state index in [0.717, 1.165) is 0 Å². The Morgan fingerprint density at radius 1 is 1.00 bits per heavy atom. The molecule has 9 heteroatoms. The van der Waals surface area contributed by atoms with Gasteiger partial charge in [0.25, 0.3) is 11.7 Å². The number of hydrogen-bond acceptors (Lipinski definition) is 8. The van der Waals surface area contributed by atoms with Crippen LogP contribution in [0.1, 0.15) is 31.0 Å². The van der Waals surface area contributed by atoms with Gasteiger partial charge in [0.2, 0.25) is 5.75 Å². The molecule has 1 saturated heterocycles. The third-order valence-corrected chi connectivity index (χ3v) is 5.83. The van der Waals surface area contributed by atoms with Crippen molar-refractivity contribution in [2.45, 2.75) is 26.0 Å². The van der Waals surface area contributed by atoms with Gasteiger partial charge in [-0.2, -0.15) is 0 Å². The molecule has 9 nitrogen and oxygen atoms in total. The summed E-state index contributed by atoms with van der Waals surface area (Å²) < 4.78 is 22.1. The molecule has 0 spiro atoms. The summed E-state index contributed by atoms with van der Waals surface area (Å²) in [6.07, 6.45) is -0.00787. The fourth-order valence-electron chi connectivity index (χ4n) is 4.14. The smallest absolute Gasteiger partial charge is 0.295 e. The molecule has 1 atom stereocenters. The van der Waals surface area contributed by atoms with E-state index in [4.69, 9.17) is 18.9 Å². The van der Waals surface area contributed by atoms with Crippen LogP contribution in [0.2, 0.25) is 0 Å². The molecule has 194 valence electrons. The van der Waals surface area contributed by atoms with Gasteiger partial charge < -0.3 is 33.9 Å². The van der Waals surface area contributed by atoms with Gasteiger partial charge in [0.15, 0.2) is 11.5 Å². The Hall–Kier alpha value is -3.72. The van der Waals surface area contributed by atoms with Crippen molar-refractivity contribution in [3.05, 3.63) is 53.1 Å². The molecule has 0 radical (unpaired) electrons. The number of carbonyl (C=O) groups is 2. The zero-order valence-corrected chi connectivity index (χ0v) is 21.8. The van der Waals surface area contributed by atoms with Gasteiger partial charge in [-0.3, -0.25) is 9.59 Å². The molecule has 36 heavy (non-hydrogen) atoms. The van der Waals surface area contributed by atoms with E-state index in [1.807, 2.05) is 32.8 Å². The van der Waals surface area contributed by atoms with E-state index in [2.05, 4.69) is 0 Å². The van der Waals surface area contributed by atoms with Gasteiger partial charge >= 0.3 is 0 Å². The number of hydrogen-bond donors (Lipinski definition) is 1. The Labute approximate surface area is 211 Å². The first kappa shape index (κ1) is 26.9. The van der Waals surface area contributed by atoms with Gasteiger partial charge in [0.1, 0.15) is 11.5 Å². The van der Waals surface area contributed by atoms with Gasteiger partial charge in [-0.05, 0) is 69.9 Å². The lowest BCUT2D eigenvalue weighted by molar-refractivity contribution is -0.140. The number of rotatable bonds is 10. The fraction of sp³-hybridized carbons (Fsp3) is 0.407. The Bertz CT molecular complexity index is 1110. The second-order valence-electron chi connectivity index (χ2n) is 8.95. The molecule has 0 saturated carbocycles. The molecule has 1 aliphatic heterocycles. The quantitative estimate of drug-likeness (QED) is 0.302. The van der Waals surface area contributed by atoms with E-state index in [1.165, 1.54) is 26.2 Å². The minimum Gasteiger partial charge on any atom is -0.507 e. The number of ether oxygens (including phenoxy) is 4. The van der Waals surface area contributed by atoms with E-state index in [1.54, 1.807) is 36.4 Å². The largest absolute Gasteiger partial charge is 0.507 e. The lowest BCUT2D eigenvalue weighted by Crippen LogP contribution is -2.35. The fourth-order valence-corrected chi connectivity index (χ4v) is 4.14. The Morgan fingerprint density at radius 3 is 2.06 bits per heavy atom. The molecule has 1 N–H and O–H groups in total. The van der Waals surface area contributed by atoms with Crippen LogP contribution in [0, 0.1) is 0 Å². The number of likely N-dealkylation sites (N-methyl/N-ethyl adjacent to an activating group) is 1. The molecule has 0 bridgehead atoms. The van der Waals surface area contributed by atoms with Gasteiger partial charge in [0.05, 0.1) is 39.0 Å². The maximum atomic E-state index is 13.3. The topological polar surface area (TPSA) is 97.8 Å². The maximum Gasteiger partial charge on any atom is 0.295 e. The summed E-state index contributed by atoms with van der Waals surface area (Å²) in [5.74, 6) is 0.0596. The van der Waals surface area contributed by atoms with Crippen molar-refractivity contribution in [2.24, 2.45) is 0 Å². The second kappa shape index (κ2) is 11.3. The van der Waals surface area contributed by atoms with E-state index in [9.17, 15) is 14.7 Å². The number of benzene rings is 2. The first-order valence-electron chi connectivity index (χ1n) is 11.6. The highest BCUT2D eigenvalue weighted by Gasteiger charge is 2.46. The molecule has 0 unspecified atom stereocenters. The Kier molecular flexibility index (Phi) is 8.47. The third kappa shape index (κ3) is 5.41. The highest BCUT2D eigenvalue weighted by Crippen LogP contribution is 2.45. The first-order chi connectivity index (χ1) is 17.1. The number of aliphatic hydroxyl groups excluding tert-OH is 1. The van der Waals surface area contributed by atoms with Crippen molar-refractivity contribution in [1.29, 1.82) is 0 Å². The van der Waals surface area contributed by atoms with Crippen molar-refractivity contribution >= 4 is 17.4 Å². The van der Waals surface area contributed by atoms with E-state index in [-0.39, 0.29) is 24.0 Å². The van der Waals surface area contributed by atoms with E-state index < -0.39 is 17.7 Å². The number of amides is 1. The van der Waals surface area contributed by atoms with Gasteiger partial charge in [-0.25, -0.2) is 0 Å². The Morgan fingerprint density at radius 2 is 1.58 bits per heavy atom. The van der Waals surface area contributed by atoms with Crippen molar-refractivity contribution in [2.75, 3.05) is 48.5 Å². The van der Waals surface area contributed by atoms with E-state index in [0.29, 0.717) is 40.7 Å². The molecule has 1 amide bonds. The monoisotopic (exact) mass is 498 g/mol. The summed E-state index contributed by atoms with van der Waals surface area (Å²) in [6.45, 7) is 4.63. The minimum atomic E-state index is -0.856. The highest BCUT2D eigenvalue weighted by atomic mass is 16.5. The van der Waals surface area contributed by atoms with Crippen LogP contribution < -0.4 is 18.9 Å². The summed E-state index contributed by atoms with van der Waals surface area (Å²) in [6, 6.07) is 9.27. The number of nitrogens with zero attached hydrogens (tertiary/aromatic N) is 2. The molecule has 3 rings (SSSR count). The van der Waals surface area contributed by atoms with Gasteiger partial charge in [-0.1, -0.05) is 0 Å². The zero-order valence-electron chi connectivity index (χ0n) is 21.8. The van der Waals surface area contributed by atoms with Gasteiger partial charge in [0, 0.05) is 18.7 Å². The van der Waals surface area contributed by atoms with Crippen LogP contribution in [-0.2, 0) is 9.59 Å². The summed E-state index contributed by atoms with van der Waals surface area (Å²) in [4.78, 5) is 29.8. The molecule has 1 fully saturated rings. The second-order valence-corrected chi connectivity index (χ2v) is 8.95. The summed E-state index contributed by atoms with van der Waals surface area (Å²) in [7, 11) is 8.24. The average Bonchev–Trinajstić information content (AvgIpc) is 3.10. The zero-order chi connectivity index (χ0) is 26.6. The molecular formula is C27H34N2O7.